The predicted molar refractivity (Wildman–Crippen MR) is 67.8 cm³/mol. The van der Waals surface area contributed by atoms with Crippen molar-refractivity contribution >= 4 is 39.2 Å². The minimum atomic E-state index is -0.616. The minimum absolute atomic E-state index is 0. The van der Waals surface area contributed by atoms with E-state index >= 15 is 0 Å². The van der Waals surface area contributed by atoms with Gasteiger partial charge in [0, 0.05) is 5.57 Å². The summed E-state index contributed by atoms with van der Waals surface area (Å²) in [5.74, 6) is -1.19. The molecule has 0 aromatic heterocycles. The number of ether oxygens (including phenoxy) is 1. The molecule has 0 aliphatic heterocycles. The molecule has 0 saturated heterocycles. The standard InChI is InChI=1S/C12H20O3.Pb.2H/c1-5-7-8-10(6-2)12(14)15-11(13)9(3)4;;;/h10H,3,5-8H2,1-2,4H3;;;. The first kappa shape index (κ1) is 18.2. The van der Waals surface area contributed by atoms with Gasteiger partial charge in [-0.25, -0.2) is 4.79 Å². The van der Waals surface area contributed by atoms with Crippen LogP contribution in [0.1, 0.15) is 46.5 Å². The molecular weight excluding hydrogens is 399 g/mol. The number of hydrogen-bond donors (Lipinski definition) is 0. The number of carbonyl (C=O) groups excluding carboxylic acids is 2. The summed E-state index contributed by atoms with van der Waals surface area (Å²) in [7, 11) is 0. The summed E-state index contributed by atoms with van der Waals surface area (Å²) >= 11 is 0. The molecule has 0 fully saturated rings. The molecule has 4 heteroatoms. The van der Waals surface area contributed by atoms with Crippen LogP contribution in [0.5, 0.6) is 0 Å². The Hall–Kier alpha value is -0.198. The van der Waals surface area contributed by atoms with Gasteiger partial charge in [0.1, 0.15) is 0 Å². The van der Waals surface area contributed by atoms with E-state index in [9.17, 15) is 9.59 Å². The maximum atomic E-state index is 11.5. The Morgan fingerprint density at radius 3 is 2.25 bits per heavy atom. The fraction of sp³-hybridized carbons (Fsp3) is 0.667. The van der Waals surface area contributed by atoms with E-state index in [1.54, 1.807) is 0 Å². The van der Waals surface area contributed by atoms with E-state index in [1.165, 1.54) is 6.92 Å². The Morgan fingerprint density at radius 1 is 1.31 bits per heavy atom. The van der Waals surface area contributed by atoms with E-state index in [4.69, 9.17) is 0 Å². The molecule has 0 N–H and O–H groups in total. The number of unbranched alkanes of at least 4 members (excludes halogenated alkanes) is 1. The van der Waals surface area contributed by atoms with Gasteiger partial charge in [0.15, 0.2) is 0 Å². The normalized spacial score (nSPS) is 11.2. The zero-order valence-electron chi connectivity index (χ0n) is 10.5. The molecule has 3 nitrogen and oxygen atoms in total. The number of rotatable bonds is 6. The fourth-order valence-corrected chi connectivity index (χ4v) is 1.20. The molecule has 1 atom stereocenters. The van der Waals surface area contributed by atoms with E-state index in [0.29, 0.717) is 6.42 Å². The number of hydrogen-bond acceptors (Lipinski definition) is 3. The summed E-state index contributed by atoms with van der Waals surface area (Å²) in [6.45, 7) is 8.95. The van der Waals surface area contributed by atoms with Crippen LogP contribution >= 0.6 is 0 Å². The molecule has 1 unspecified atom stereocenters. The molecule has 0 aliphatic rings. The van der Waals surface area contributed by atoms with Crippen molar-refractivity contribution in [2.75, 3.05) is 0 Å². The van der Waals surface area contributed by atoms with Gasteiger partial charge in [-0.2, -0.15) is 0 Å². The summed E-state index contributed by atoms with van der Waals surface area (Å²) in [6.07, 6.45) is 3.52. The second-order valence-corrected chi connectivity index (χ2v) is 3.74. The van der Waals surface area contributed by atoms with Crippen molar-refractivity contribution in [2.24, 2.45) is 5.92 Å². The van der Waals surface area contributed by atoms with Crippen LogP contribution in [0, 0.1) is 5.92 Å². The topological polar surface area (TPSA) is 43.4 Å². The van der Waals surface area contributed by atoms with Gasteiger partial charge < -0.3 is 4.74 Å². The number of carbonyl (C=O) groups is 2. The fourth-order valence-electron chi connectivity index (χ4n) is 1.20. The molecule has 0 saturated carbocycles. The third kappa shape index (κ3) is 7.14. The van der Waals surface area contributed by atoms with Gasteiger partial charge in [-0.1, -0.05) is 33.3 Å². The van der Waals surface area contributed by atoms with Crippen molar-refractivity contribution in [1.29, 1.82) is 0 Å². The van der Waals surface area contributed by atoms with Crippen LogP contribution in [0.25, 0.3) is 0 Å². The van der Waals surface area contributed by atoms with E-state index < -0.39 is 11.9 Å². The third-order valence-corrected chi connectivity index (χ3v) is 2.27. The van der Waals surface area contributed by atoms with E-state index in [1.807, 2.05) is 6.92 Å². The Bertz CT molecular complexity index is 249. The summed E-state index contributed by atoms with van der Waals surface area (Å²) in [6, 6.07) is 0. The second-order valence-electron chi connectivity index (χ2n) is 3.74. The predicted octanol–water partition coefficient (Wildman–Crippen LogP) is 1.93. The first-order chi connectivity index (χ1) is 7.02. The van der Waals surface area contributed by atoms with Crippen molar-refractivity contribution in [2.45, 2.75) is 46.5 Å². The molecule has 0 aromatic carbocycles. The SMILES string of the molecule is C=C(C)C(=O)OC(=O)C(CC)CCCC.[PbH2]. The zero-order valence-corrected chi connectivity index (χ0v) is 16.0. The first-order valence-corrected chi connectivity index (χ1v) is 5.44. The zero-order chi connectivity index (χ0) is 11.8. The molecule has 0 amide bonds. The van der Waals surface area contributed by atoms with Crippen LogP contribution in [0.15, 0.2) is 12.2 Å². The van der Waals surface area contributed by atoms with E-state index in [2.05, 4.69) is 18.2 Å². The van der Waals surface area contributed by atoms with Crippen LogP contribution in [0.3, 0.4) is 0 Å². The van der Waals surface area contributed by atoms with Crippen molar-refractivity contribution in [3.05, 3.63) is 12.2 Å². The van der Waals surface area contributed by atoms with Crippen LogP contribution in [0.4, 0.5) is 0 Å². The van der Waals surface area contributed by atoms with E-state index in [-0.39, 0.29) is 38.8 Å². The molecular formula is C12H22O3Pb. The Morgan fingerprint density at radius 2 is 1.88 bits per heavy atom. The summed E-state index contributed by atoms with van der Waals surface area (Å²) in [5.41, 5.74) is 0.258. The van der Waals surface area contributed by atoms with Gasteiger partial charge in [0.2, 0.25) is 0 Å². The molecule has 0 heterocycles. The Balaban J connectivity index is 0. The Kier molecular flexibility index (Phi) is 11.3. The summed E-state index contributed by atoms with van der Waals surface area (Å²) in [4.78, 5) is 22.6. The monoisotopic (exact) mass is 422 g/mol. The van der Waals surface area contributed by atoms with Crippen molar-refractivity contribution < 1.29 is 14.3 Å². The van der Waals surface area contributed by atoms with Crippen molar-refractivity contribution in [3.8, 4) is 0 Å². The number of esters is 2. The van der Waals surface area contributed by atoms with Gasteiger partial charge in [-0.15, -0.1) is 0 Å². The quantitative estimate of drug-likeness (QED) is 0.285. The molecule has 0 aliphatic carbocycles. The van der Waals surface area contributed by atoms with Gasteiger partial charge in [0.25, 0.3) is 0 Å². The van der Waals surface area contributed by atoms with Gasteiger partial charge in [-0.3, -0.25) is 4.79 Å². The molecule has 0 rings (SSSR count). The van der Waals surface area contributed by atoms with Gasteiger partial charge in [-0.05, 0) is 19.8 Å². The van der Waals surface area contributed by atoms with Crippen LogP contribution in [0.2, 0.25) is 0 Å². The summed E-state index contributed by atoms with van der Waals surface area (Å²) in [5, 5.41) is 0. The van der Waals surface area contributed by atoms with Crippen molar-refractivity contribution in [1.82, 2.24) is 0 Å². The average molecular weight is 422 g/mol. The third-order valence-electron chi connectivity index (χ3n) is 2.27. The summed E-state index contributed by atoms with van der Waals surface area (Å²) < 4.78 is 4.68. The molecule has 92 valence electrons. The molecule has 16 heavy (non-hydrogen) atoms. The maximum absolute atomic E-state index is 11.5. The van der Waals surface area contributed by atoms with Gasteiger partial charge in [0.05, 0.1) is 5.92 Å². The molecule has 0 aromatic rings. The van der Waals surface area contributed by atoms with E-state index in [0.717, 1.165) is 19.3 Å². The van der Waals surface area contributed by atoms with Crippen LogP contribution in [-0.2, 0) is 14.3 Å². The van der Waals surface area contributed by atoms with Gasteiger partial charge >= 0.3 is 39.2 Å². The molecule has 0 spiro atoms. The first-order valence-electron chi connectivity index (χ1n) is 5.44. The van der Waals surface area contributed by atoms with Crippen molar-refractivity contribution in [3.63, 3.8) is 0 Å². The Labute approximate surface area is 118 Å². The molecule has 2 radical (unpaired) electrons. The van der Waals surface area contributed by atoms with Crippen LogP contribution < -0.4 is 0 Å². The van der Waals surface area contributed by atoms with Crippen LogP contribution in [-0.4, -0.2) is 39.2 Å². The second kappa shape index (κ2) is 9.99. The molecule has 0 bridgehead atoms. The average Bonchev–Trinajstić information content (AvgIpc) is 2.18.